The van der Waals surface area contributed by atoms with Gasteiger partial charge in [0.05, 0.1) is 11.0 Å². The molecule has 1 aliphatic rings. The van der Waals surface area contributed by atoms with E-state index in [4.69, 9.17) is 4.74 Å². The number of nitrogens with one attached hydrogen (secondary N) is 1. The third-order valence-electron chi connectivity index (χ3n) is 5.05. The van der Waals surface area contributed by atoms with Gasteiger partial charge in [-0.15, -0.1) is 0 Å². The summed E-state index contributed by atoms with van der Waals surface area (Å²) in [7, 11) is 1.97. The molecule has 0 saturated heterocycles. The molecule has 0 heterocycles. The van der Waals surface area contributed by atoms with Crippen molar-refractivity contribution in [2.75, 3.05) is 7.05 Å². The summed E-state index contributed by atoms with van der Waals surface area (Å²) in [4.78, 5) is 10.7. The van der Waals surface area contributed by atoms with E-state index in [1.54, 1.807) is 13.0 Å². The zero-order valence-electron chi connectivity index (χ0n) is 13.4. The molecule has 1 fully saturated rings. The van der Waals surface area contributed by atoms with E-state index in [1.165, 1.54) is 0 Å². The molecule has 0 aliphatic heterocycles. The lowest BCUT2D eigenvalue weighted by Crippen LogP contribution is -2.62. The molecule has 5 nitrogen and oxygen atoms in total. The van der Waals surface area contributed by atoms with Gasteiger partial charge in [0, 0.05) is 23.4 Å². The fourth-order valence-electron chi connectivity index (χ4n) is 3.22. The average Bonchev–Trinajstić information content (AvgIpc) is 2.43. The Morgan fingerprint density at radius 2 is 2.10 bits per heavy atom. The Morgan fingerprint density at radius 3 is 2.62 bits per heavy atom. The van der Waals surface area contributed by atoms with Crippen molar-refractivity contribution < 1.29 is 9.66 Å². The quantitative estimate of drug-likeness (QED) is 0.667. The minimum absolute atomic E-state index is 0.0703. The lowest BCUT2D eigenvalue weighted by molar-refractivity contribution is -0.385. The van der Waals surface area contributed by atoms with Gasteiger partial charge in [0.1, 0.15) is 11.9 Å². The molecule has 116 valence electrons. The van der Waals surface area contributed by atoms with Crippen molar-refractivity contribution in [1.29, 1.82) is 0 Å². The number of ether oxygens (including phenoxy) is 1. The SMILES string of the molecule is CCC1(C)C(NC)CC1Oc1cc([N+](=O)[O-])c(C)cc1C. The minimum Gasteiger partial charge on any atom is -0.489 e. The van der Waals surface area contributed by atoms with Crippen LogP contribution in [0.25, 0.3) is 0 Å². The Bertz CT molecular complexity index is 559. The molecule has 2 rings (SSSR count). The first-order valence-electron chi connectivity index (χ1n) is 7.43. The van der Waals surface area contributed by atoms with Crippen molar-refractivity contribution >= 4 is 5.69 Å². The Hall–Kier alpha value is -1.62. The normalized spacial score (nSPS) is 28.0. The van der Waals surface area contributed by atoms with Gasteiger partial charge in [0.2, 0.25) is 0 Å². The van der Waals surface area contributed by atoms with Gasteiger partial charge in [-0.3, -0.25) is 10.1 Å². The maximum Gasteiger partial charge on any atom is 0.276 e. The summed E-state index contributed by atoms with van der Waals surface area (Å²) in [6, 6.07) is 3.83. The van der Waals surface area contributed by atoms with E-state index in [9.17, 15) is 10.1 Å². The zero-order chi connectivity index (χ0) is 15.8. The van der Waals surface area contributed by atoms with E-state index >= 15 is 0 Å². The van der Waals surface area contributed by atoms with Crippen LogP contribution in [0.4, 0.5) is 5.69 Å². The first kappa shape index (κ1) is 15.8. The molecule has 1 saturated carbocycles. The van der Waals surface area contributed by atoms with Crippen molar-refractivity contribution in [3.63, 3.8) is 0 Å². The minimum atomic E-state index is -0.349. The van der Waals surface area contributed by atoms with Crippen LogP contribution in [0, 0.1) is 29.4 Å². The highest BCUT2D eigenvalue weighted by Gasteiger charge is 2.51. The number of nitrogens with zero attached hydrogens (tertiary/aromatic N) is 1. The highest BCUT2D eigenvalue weighted by atomic mass is 16.6. The van der Waals surface area contributed by atoms with Gasteiger partial charge in [-0.2, -0.15) is 0 Å². The van der Waals surface area contributed by atoms with Crippen LogP contribution in [-0.4, -0.2) is 24.1 Å². The molecule has 1 aliphatic carbocycles. The van der Waals surface area contributed by atoms with Gasteiger partial charge in [0.15, 0.2) is 0 Å². The van der Waals surface area contributed by atoms with Crippen LogP contribution < -0.4 is 10.1 Å². The van der Waals surface area contributed by atoms with Crippen molar-refractivity contribution in [3.8, 4) is 5.75 Å². The first-order chi connectivity index (χ1) is 9.83. The molecule has 1 aromatic rings. The highest BCUT2D eigenvalue weighted by molar-refractivity contribution is 5.49. The van der Waals surface area contributed by atoms with Gasteiger partial charge in [-0.05, 0) is 38.9 Å². The Kier molecular flexibility index (Phi) is 4.23. The molecule has 5 heteroatoms. The second-order valence-corrected chi connectivity index (χ2v) is 6.20. The number of hydrogen-bond acceptors (Lipinski definition) is 4. The third-order valence-corrected chi connectivity index (χ3v) is 5.05. The summed E-state index contributed by atoms with van der Waals surface area (Å²) in [5.74, 6) is 0.631. The van der Waals surface area contributed by atoms with Crippen LogP contribution in [0.5, 0.6) is 5.75 Å². The molecule has 1 aromatic carbocycles. The predicted molar refractivity (Wildman–Crippen MR) is 82.8 cm³/mol. The summed E-state index contributed by atoms with van der Waals surface area (Å²) < 4.78 is 6.12. The van der Waals surface area contributed by atoms with Crippen molar-refractivity contribution in [2.24, 2.45) is 5.41 Å². The molecule has 0 bridgehead atoms. The standard InChI is InChI=1S/C16H24N2O3/c1-6-16(4)14(17-5)9-15(16)21-13-8-12(18(19)20)10(2)7-11(13)3/h7-8,14-15,17H,6,9H2,1-5H3. The number of hydrogen-bond donors (Lipinski definition) is 1. The van der Waals surface area contributed by atoms with Crippen molar-refractivity contribution in [3.05, 3.63) is 33.4 Å². The van der Waals surface area contributed by atoms with Gasteiger partial charge in [0.25, 0.3) is 5.69 Å². The van der Waals surface area contributed by atoms with Crippen LogP contribution in [0.2, 0.25) is 0 Å². The van der Waals surface area contributed by atoms with Gasteiger partial charge < -0.3 is 10.1 Å². The summed E-state index contributed by atoms with van der Waals surface area (Å²) in [6.45, 7) is 8.06. The molecule has 3 atom stereocenters. The number of rotatable bonds is 5. The zero-order valence-corrected chi connectivity index (χ0v) is 13.4. The first-order valence-corrected chi connectivity index (χ1v) is 7.43. The Labute approximate surface area is 125 Å². The van der Waals surface area contributed by atoms with Gasteiger partial charge in [-0.25, -0.2) is 0 Å². The number of aryl methyl sites for hydroxylation is 2. The van der Waals surface area contributed by atoms with Gasteiger partial charge in [-0.1, -0.05) is 13.8 Å². The van der Waals surface area contributed by atoms with Crippen LogP contribution in [-0.2, 0) is 0 Å². The summed E-state index contributed by atoms with van der Waals surface area (Å²) in [5.41, 5.74) is 1.81. The maximum atomic E-state index is 11.1. The highest BCUT2D eigenvalue weighted by Crippen LogP contribution is 2.46. The van der Waals surface area contributed by atoms with Crippen molar-refractivity contribution in [2.45, 2.75) is 52.7 Å². The molecule has 0 radical (unpaired) electrons. The topological polar surface area (TPSA) is 64.4 Å². The summed E-state index contributed by atoms with van der Waals surface area (Å²) in [6.07, 6.45) is 2.04. The predicted octanol–water partition coefficient (Wildman–Crippen LogP) is 3.37. The van der Waals surface area contributed by atoms with E-state index < -0.39 is 0 Å². The Balaban J connectivity index is 2.25. The molecular weight excluding hydrogens is 268 g/mol. The summed E-state index contributed by atoms with van der Waals surface area (Å²) >= 11 is 0. The third kappa shape index (κ3) is 2.62. The monoisotopic (exact) mass is 292 g/mol. The molecule has 0 amide bonds. The van der Waals surface area contributed by atoms with E-state index in [0.717, 1.165) is 18.4 Å². The second-order valence-electron chi connectivity index (χ2n) is 6.20. The number of nitro benzene ring substituents is 1. The van der Waals surface area contributed by atoms with Crippen LogP contribution in [0.15, 0.2) is 12.1 Å². The largest absolute Gasteiger partial charge is 0.489 e. The number of nitro groups is 1. The fraction of sp³-hybridized carbons (Fsp3) is 0.625. The van der Waals surface area contributed by atoms with Crippen LogP contribution in [0.3, 0.4) is 0 Å². The fourth-order valence-corrected chi connectivity index (χ4v) is 3.22. The Morgan fingerprint density at radius 1 is 1.43 bits per heavy atom. The summed E-state index contributed by atoms with van der Waals surface area (Å²) in [5, 5.41) is 14.4. The second kappa shape index (κ2) is 5.64. The van der Waals surface area contributed by atoms with Gasteiger partial charge >= 0.3 is 0 Å². The lowest BCUT2D eigenvalue weighted by atomic mass is 9.61. The van der Waals surface area contributed by atoms with E-state index in [1.807, 2.05) is 20.0 Å². The molecule has 1 N–H and O–H groups in total. The average molecular weight is 292 g/mol. The van der Waals surface area contributed by atoms with E-state index in [-0.39, 0.29) is 22.1 Å². The van der Waals surface area contributed by atoms with E-state index in [0.29, 0.717) is 17.4 Å². The molecule has 0 aromatic heterocycles. The molecule has 3 unspecified atom stereocenters. The molecule has 21 heavy (non-hydrogen) atoms. The lowest BCUT2D eigenvalue weighted by Gasteiger charge is -2.53. The smallest absolute Gasteiger partial charge is 0.276 e. The molecular formula is C16H24N2O3. The van der Waals surface area contributed by atoms with Crippen LogP contribution >= 0.6 is 0 Å². The van der Waals surface area contributed by atoms with Crippen LogP contribution in [0.1, 0.15) is 37.8 Å². The maximum absolute atomic E-state index is 11.1. The number of benzene rings is 1. The molecule has 0 spiro atoms. The van der Waals surface area contributed by atoms with Crippen molar-refractivity contribution in [1.82, 2.24) is 5.32 Å². The van der Waals surface area contributed by atoms with E-state index in [2.05, 4.69) is 19.2 Å².